The molecule has 0 aromatic heterocycles. The van der Waals surface area contributed by atoms with Crippen LogP contribution in [-0.4, -0.2) is 52.6 Å². The summed E-state index contributed by atoms with van der Waals surface area (Å²) in [4.78, 5) is 3.33. The molecule has 0 radical (unpaired) electrons. The van der Waals surface area contributed by atoms with Gasteiger partial charge < -0.3 is 14.4 Å². The number of thiol groups is 1. The van der Waals surface area contributed by atoms with Gasteiger partial charge in [-0.15, -0.1) is 12.6 Å². The van der Waals surface area contributed by atoms with Crippen LogP contribution in [0.5, 0.6) is 0 Å². The molecule has 3 rings (SSSR count). The first-order chi connectivity index (χ1) is 8.79. The average Bonchev–Trinajstić information content (AvgIpc) is 2.41. The Morgan fingerprint density at radius 1 is 1.06 bits per heavy atom. The first kappa shape index (κ1) is 12.6. The molecule has 0 aliphatic carbocycles. The lowest BCUT2D eigenvalue weighted by atomic mass is 10.2. The van der Waals surface area contributed by atoms with Crippen LogP contribution in [0.25, 0.3) is 0 Å². The second-order valence-electron chi connectivity index (χ2n) is 4.57. The second-order valence-corrected chi connectivity index (χ2v) is 5.43. The highest BCUT2D eigenvalue weighted by Crippen LogP contribution is 2.26. The second kappa shape index (κ2) is 5.28. The van der Waals surface area contributed by atoms with Crippen LogP contribution in [0.3, 0.4) is 0 Å². The molecule has 0 N–H and O–H groups in total. The van der Waals surface area contributed by atoms with Crippen molar-refractivity contribution in [1.82, 2.24) is 4.58 Å². The Bertz CT molecular complexity index is 520. The van der Waals surface area contributed by atoms with E-state index in [4.69, 9.17) is 21.7 Å². The summed E-state index contributed by atoms with van der Waals surface area (Å²) in [6.07, 6.45) is 0. The van der Waals surface area contributed by atoms with Gasteiger partial charge in [-0.25, -0.2) is 4.58 Å². The summed E-state index contributed by atoms with van der Waals surface area (Å²) >= 11 is 10.2. The van der Waals surface area contributed by atoms with Gasteiger partial charge in [0.25, 0.3) is 0 Å². The molecule has 1 aromatic rings. The molecule has 0 amide bonds. The van der Waals surface area contributed by atoms with Crippen molar-refractivity contribution in [3.05, 3.63) is 9.87 Å². The van der Waals surface area contributed by atoms with Crippen molar-refractivity contribution in [1.29, 1.82) is 0 Å². The van der Waals surface area contributed by atoms with Gasteiger partial charge in [-0.2, -0.15) is 0 Å². The molecule has 2 saturated heterocycles. The van der Waals surface area contributed by atoms with Crippen molar-refractivity contribution >= 4 is 30.5 Å². The van der Waals surface area contributed by atoms with Gasteiger partial charge in [-0.1, -0.05) is 12.2 Å². The van der Waals surface area contributed by atoms with Gasteiger partial charge in [0, 0.05) is 13.1 Å². The molecule has 98 valence electrons. The lowest BCUT2D eigenvalue weighted by Gasteiger charge is -2.31. The minimum atomic E-state index is 0.778. The van der Waals surface area contributed by atoms with Gasteiger partial charge in [0.1, 0.15) is 22.6 Å². The van der Waals surface area contributed by atoms with Crippen LogP contribution in [0.4, 0.5) is 5.69 Å². The fourth-order valence-electron chi connectivity index (χ4n) is 2.54. The van der Waals surface area contributed by atoms with Crippen LogP contribution in [-0.2, 0) is 9.47 Å². The first-order valence-corrected chi connectivity index (χ1v) is 7.15. The first-order valence-electron chi connectivity index (χ1n) is 6.29. The van der Waals surface area contributed by atoms with Crippen molar-refractivity contribution in [3.8, 4) is 0 Å². The van der Waals surface area contributed by atoms with Crippen molar-refractivity contribution in [2.24, 2.45) is 0 Å². The van der Waals surface area contributed by atoms with E-state index >= 15 is 0 Å². The van der Waals surface area contributed by atoms with Gasteiger partial charge in [-0.3, -0.25) is 0 Å². The van der Waals surface area contributed by atoms with Gasteiger partial charge in [0.15, 0.2) is 13.1 Å². The van der Waals surface area contributed by atoms with E-state index in [0.29, 0.717) is 0 Å². The van der Waals surface area contributed by atoms with Crippen LogP contribution in [0.1, 0.15) is 0 Å². The smallest absolute Gasteiger partial charge is 0.236 e. The Balaban J connectivity index is 1.93. The van der Waals surface area contributed by atoms with Crippen molar-refractivity contribution < 1.29 is 9.47 Å². The summed E-state index contributed by atoms with van der Waals surface area (Å²) in [6.45, 7) is 6.76. The minimum Gasteiger partial charge on any atom is -0.378 e. The Hall–Kier alpha value is -0.430. The quantitative estimate of drug-likeness (QED) is 0.453. The molecule has 6 heteroatoms. The SMILES string of the molecule is S=c1c(N2CCOCC2)c(S)c1=[N+]1CCOCC1. The van der Waals surface area contributed by atoms with Crippen LogP contribution in [0, 0.1) is 4.51 Å². The monoisotopic (exact) mass is 285 g/mol. The van der Waals surface area contributed by atoms with Gasteiger partial charge in [0.2, 0.25) is 5.36 Å². The fraction of sp³-hybridized carbons (Fsp3) is 0.667. The zero-order valence-corrected chi connectivity index (χ0v) is 11.9. The molecule has 18 heavy (non-hydrogen) atoms. The lowest BCUT2D eigenvalue weighted by Crippen LogP contribution is -2.45. The summed E-state index contributed by atoms with van der Waals surface area (Å²) in [5, 5.41) is 1.14. The highest BCUT2D eigenvalue weighted by Gasteiger charge is 2.27. The van der Waals surface area contributed by atoms with Crippen molar-refractivity contribution in [2.75, 3.05) is 57.5 Å². The summed E-state index contributed by atoms with van der Waals surface area (Å²) in [7, 11) is 0. The number of nitrogens with zero attached hydrogens (tertiary/aromatic N) is 2. The third kappa shape index (κ3) is 2.11. The van der Waals surface area contributed by atoms with Crippen LogP contribution in [0.2, 0.25) is 0 Å². The predicted molar refractivity (Wildman–Crippen MR) is 75.8 cm³/mol. The lowest BCUT2D eigenvalue weighted by molar-refractivity contribution is 0.0958. The third-order valence-corrected chi connectivity index (χ3v) is 4.34. The summed E-state index contributed by atoms with van der Waals surface area (Å²) < 4.78 is 14.0. The van der Waals surface area contributed by atoms with Gasteiger partial charge in [-0.05, 0) is 0 Å². The molecule has 2 heterocycles. The number of ether oxygens (including phenoxy) is 2. The van der Waals surface area contributed by atoms with E-state index in [1.54, 1.807) is 0 Å². The number of anilines is 1. The zero-order valence-electron chi connectivity index (χ0n) is 10.2. The molecule has 0 atom stereocenters. The van der Waals surface area contributed by atoms with Crippen LogP contribution < -0.4 is 14.8 Å². The normalized spacial score (nSPS) is 21.6. The van der Waals surface area contributed by atoms with E-state index in [1.165, 1.54) is 0 Å². The van der Waals surface area contributed by atoms with Crippen LogP contribution in [0.15, 0.2) is 4.90 Å². The van der Waals surface area contributed by atoms with E-state index in [0.717, 1.165) is 73.1 Å². The third-order valence-electron chi connectivity index (χ3n) is 3.53. The Morgan fingerprint density at radius 2 is 1.67 bits per heavy atom. The molecule has 4 nitrogen and oxygen atoms in total. The van der Waals surface area contributed by atoms with Gasteiger partial charge in [0.05, 0.1) is 18.9 Å². The molecule has 2 aliphatic rings. The number of morpholine rings is 2. The Morgan fingerprint density at radius 3 is 2.28 bits per heavy atom. The Labute approximate surface area is 117 Å². The molecular formula is C12H17N2O2S2+. The number of hydrogen-bond acceptors (Lipinski definition) is 5. The van der Waals surface area contributed by atoms with Gasteiger partial charge >= 0.3 is 0 Å². The largest absolute Gasteiger partial charge is 0.378 e. The molecule has 0 unspecified atom stereocenters. The number of rotatable bonds is 1. The van der Waals surface area contributed by atoms with E-state index in [-0.39, 0.29) is 0 Å². The molecule has 0 bridgehead atoms. The zero-order chi connectivity index (χ0) is 12.5. The highest BCUT2D eigenvalue weighted by molar-refractivity contribution is 7.80. The van der Waals surface area contributed by atoms with E-state index in [9.17, 15) is 0 Å². The summed E-state index contributed by atoms with van der Waals surface area (Å²) in [5.74, 6) is 0. The van der Waals surface area contributed by atoms with E-state index in [2.05, 4.69) is 22.1 Å². The Kier molecular flexibility index (Phi) is 3.70. The van der Waals surface area contributed by atoms with Crippen molar-refractivity contribution in [3.63, 3.8) is 0 Å². The maximum Gasteiger partial charge on any atom is 0.236 e. The standard InChI is InChI=1S/C12H16N2O2S2/c17-11-9(13-1-5-15-6-2-13)12(18)10(11)14-3-7-16-8-4-14/h1-8H2/p+1. The highest BCUT2D eigenvalue weighted by atomic mass is 32.1. The molecule has 2 aliphatic heterocycles. The molecule has 0 saturated carbocycles. The minimum absolute atomic E-state index is 0.778. The molecule has 1 aromatic carbocycles. The number of hydrogen-bond donors (Lipinski definition) is 1. The summed E-state index contributed by atoms with van der Waals surface area (Å²) in [5.41, 5.74) is 1.14. The van der Waals surface area contributed by atoms with Crippen molar-refractivity contribution in [2.45, 2.75) is 4.90 Å². The molecule has 2 fully saturated rings. The maximum atomic E-state index is 5.56. The van der Waals surface area contributed by atoms with Crippen LogP contribution >= 0.6 is 24.8 Å². The average molecular weight is 285 g/mol. The predicted octanol–water partition coefficient (Wildman–Crippen LogP) is 0.219. The fourth-order valence-corrected chi connectivity index (χ4v) is 3.66. The molecular weight excluding hydrogens is 268 g/mol. The summed E-state index contributed by atoms with van der Waals surface area (Å²) in [6, 6.07) is 0. The maximum absolute atomic E-state index is 5.56. The molecule has 0 spiro atoms. The topological polar surface area (TPSA) is 24.7 Å². The van der Waals surface area contributed by atoms with E-state index in [1.807, 2.05) is 0 Å². The van der Waals surface area contributed by atoms with E-state index < -0.39 is 0 Å².